The second-order valence-electron chi connectivity index (χ2n) is 5.02. The molecule has 3 nitrogen and oxygen atoms in total. The molecule has 0 radical (unpaired) electrons. The van der Waals surface area contributed by atoms with Crippen molar-refractivity contribution in [3.63, 3.8) is 0 Å². The minimum absolute atomic E-state index is 0.123. The van der Waals surface area contributed by atoms with E-state index in [1.54, 1.807) is 0 Å². The highest BCUT2D eigenvalue weighted by molar-refractivity contribution is 5.40. The highest BCUT2D eigenvalue weighted by Gasteiger charge is 2.22. The lowest BCUT2D eigenvalue weighted by Crippen LogP contribution is -2.36. The van der Waals surface area contributed by atoms with Gasteiger partial charge in [0.25, 0.3) is 0 Å². The zero-order valence-electron chi connectivity index (χ0n) is 9.90. The van der Waals surface area contributed by atoms with Crippen LogP contribution in [0.25, 0.3) is 0 Å². The fourth-order valence-corrected chi connectivity index (χ4v) is 1.74. The van der Waals surface area contributed by atoms with Crippen LogP contribution < -0.4 is 15.2 Å². The maximum atomic E-state index is 5.95. The predicted octanol–water partition coefficient (Wildman–Crippen LogP) is 2.34. The van der Waals surface area contributed by atoms with E-state index in [9.17, 15) is 0 Å². The first-order valence-electron chi connectivity index (χ1n) is 5.72. The average Bonchev–Trinajstić information content (AvgIpc) is 2.25. The van der Waals surface area contributed by atoms with E-state index < -0.39 is 0 Å². The van der Waals surface area contributed by atoms with Crippen LogP contribution in [-0.4, -0.2) is 18.2 Å². The van der Waals surface area contributed by atoms with Crippen molar-refractivity contribution in [1.82, 2.24) is 0 Å². The third-order valence-corrected chi connectivity index (χ3v) is 2.68. The number of nitrogens with two attached hydrogens (primary N) is 1. The molecule has 1 atom stereocenters. The summed E-state index contributed by atoms with van der Waals surface area (Å²) >= 11 is 0. The first-order chi connectivity index (χ1) is 7.54. The Morgan fingerprint density at radius 3 is 2.69 bits per heavy atom. The quantitative estimate of drug-likeness (QED) is 0.852. The van der Waals surface area contributed by atoms with Crippen molar-refractivity contribution < 1.29 is 9.47 Å². The van der Waals surface area contributed by atoms with E-state index in [1.165, 1.54) is 0 Å². The molecule has 1 aliphatic heterocycles. The first-order valence-corrected chi connectivity index (χ1v) is 5.72. The van der Waals surface area contributed by atoms with Gasteiger partial charge in [-0.15, -0.1) is 0 Å². The maximum absolute atomic E-state index is 5.95. The van der Waals surface area contributed by atoms with Gasteiger partial charge in [-0.1, -0.05) is 12.1 Å². The molecule has 0 aromatic heterocycles. The fourth-order valence-electron chi connectivity index (χ4n) is 1.74. The lowest BCUT2D eigenvalue weighted by molar-refractivity contribution is 0.0794. The van der Waals surface area contributed by atoms with Crippen LogP contribution in [-0.2, 0) is 0 Å². The number of benzene rings is 1. The van der Waals surface area contributed by atoms with E-state index in [-0.39, 0.29) is 11.6 Å². The van der Waals surface area contributed by atoms with Crippen molar-refractivity contribution in [1.29, 1.82) is 0 Å². The van der Waals surface area contributed by atoms with Crippen molar-refractivity contribution in [3.8, 4) is 11.5 Å². The Balaban J connectivity index is 1.93. The van der Waals surface area contributed by atoms with E-state index >= 15 is 0 Å². The Bertz CT molecular complexity index is 357. The molecule has 16 heavy (non-hydrogen) atoms. The van der Waals surface area contributed by atoms with Crippen LogP contribution in [0.2, 0.25) is 0 Å². The standard InChI is InChI=1S/C13H19NO2/c1-13(2,14)8-7-10-9-15-11-5-3-4-6-12(11)16-10/h3-6,10H,7-9,14H2,1-2H3. The molecular weight excluding hydrogens is 202 g/mol. The van der Waals surface area contributed by atoms with Crippen molar-refractivity contribution in [2.75, 3.05) is 6.61 Å². The van der Waals surface area contributed by atoms with Crippen molar-refractivity contribution in [3.05, 3.63) is 24.3 Å². The first kappa shape index (κ1) is 11.3. The number of hydrogen-bond acceptors (Lipinski definition) is 3. The van der Waals surface area contributed by atoms with Gasteiger partial charge in [0.05, 0.1) is 0 Å². The number of rotatable bonds is 3. The highest BCUT2D eigenvalue weighted by Crippen LogP contribution is 2.32. The topological polar surface area (TPSA) is 44.5 Å². The van der Waals surface area contributed by atoms with Gasteiger partial charge in [-0.25, -0.2) is 0 Å². The minimum atomic E-state index is -0.139. The zero-order chi connectivity index (χ0) is 11.6. The molecular formula is C13H19NO2. The molecule has 0 saturated heterocycles. The van der Waals surface area contributed by atoms with Gasteiger partial charge >= 0.3 is 0 Å². The van der Waals surface area contributed by atoms with Crippen LogP contribution in [0, 0.1) is 0 Å². The summed E-state index contributed by atoms with van der Waals surface area (Å²) in [6.45, 7) is 4.68. The molecule has 0 saturated carbocycles. The van der Waals surface area contributed by atoms with Crippen molar-refractivity contribution >= 4 is 0 Å². The van der Waals surface area contributed by atoms with Crippen LogP contribution in [0.15, 0.2) is 24.3 Å². The Morgan fingerprint density at radius 2 is 2.00 bits per heavy atom. The van der Waals surface area contributed by atoms with Crippen LogP contribution in [0.1, 0.15) is 26.7 Å². The lowest BCUT2D eigenvalue weighted by atomic mass is 9.98. The van der Waals surface area contributed by atoms with E-state index in [2.05, 4.69) is 0 Å². The highest BCUT2D eigenvalue weighted by atomic mass is 16.6. The van der Waals surface area contributed by atoms with Gasteiger partial charge in [0.15, 0.2) is 11.5 Å². The Hall–Kier alpha value is -1.22. The summed E-state index contributed by atoms with van der Waals surface area (Å²) in [6, 6.07) is 7.77. The molecule has 1 aliphatic rings. The smallest absolute Gasteiger partial charge is 0.161 e. The number of ether oxygens (including phenoxy) is 2. The van der Waals surface area contributed by atoms with Gasteiger partial charge in [0.1, 0.15) is 12.7 Å². The maximum Gasteiger partial charge on any atom is 0.161 e. The minimum Gasteiger partial charge on any atom is -0.486 e. The van der Waals surface area contributed by atoms with Crippen molar-refractivity contribution in [2.45, 2.75) is 38.3 Å². The van der Waals surface area contributed by atoms with Crippen molar-refractivity contribution in [2.24, 2.45) is 5.73 Å². The van der Waals surface area contributed by atoms with Crippen LogP contribution >= 0.6 is 0 Å². The summed E-state index contributed by atoms with van der Waals surface area (Å²) < 4.78 is 11.5. The molecule has 1 aromatic rings. The average molecular weight is 221 g/mol. The Labute approximate surface area is 96.5 Å². The number of fused-ring (bicyclic) bond motifs is 1. The predicted molar refractivity (Wildman–Crippen MR) is 63.9 cm³/mol. The normalized spacial score (nSPS) is 19.6. The van der Waals surface area contributed by atoms with Crippen LogP contribution in [0.5, 0.6) is 11.5 Å². The fraction of sp³-hybridized carbons (Fsp3) is 0.538. The summed E-state index contributed by atoms with van der Waals surface area (Å²) in [5.74, 6) is 1.68. The van der Waals surface area contributed by atoms with E-state index in [0.29, 0.717) is 6.61 Å². The molecule has 0 aliphatic carbocycles. The van der Waals surface area contributed by atoms with Gasteiger partial charge < -0.3 is 15.2 Å². The summed E-state index contributed by atoms with van der Waals surface area (Å²) in [6.07, 6.45) is 1.99. The van der Waals surface area contributed by atoms with Crippen LogP contribution in [0.4, 0.5) is 0 Å². The van der Waals surface area contributed by atoms with Gasteiger partial charge in [-0.05, 0) is 38.8 Å². The van der Waals surface area contributed by atoms with E-state index in [4.69, 9.17) is 15.2 Å². The molecule has 2 N–H and O–H groups in total. The summed E-state index contributed by atoms with van der Waals surface area (Å²) in [4.78, 5) is 0. The Kier molecular flexibility index (Phi) is 3.06. The summed E-state index contributed by atoms with van der Waals surface area (Å²) in [5.41, 5.74) is 5.81. The molecule has 88 valence electrons. The summed E-state index contributed by atoms with van der Waals surface area (Å²) in [7, 11) is 0. The second-order valence-corrected chi connectivity index (χ2v) is 5.02. The van der Waals surface area contributed by atoms with Gasteiger partial charge in [-0.3, -0.25) is 0 Å². The molecule has 0 bridgehead atoms. The molecule has 0 fully saturated rings. The van der Waals surface area contributed by atoms with E-state index in [1.807, 2.05) is 38.1 Å². The van der Waals surface area contributed by atoms with Gasteiger partial charge in [0, 0.05) is 5.54 Å². The SMILES string of the molecule is CC(C)(N)CCC1COc2ccccc2O1. The largest absolute Gasteiger partial charge is 0.486 e. The zero-order valence-corrected chi connectivity index (χ0v) is 9.90. The van der Waals surface area contributed by atoms with Gasteiger partial charge in [-0.2, -0.15) is 0 Å². The van der Waals surface area contributed by atoms with Crippen LogP contribution in [0.3, 0.4) is 0 Å². The van der Waals surface area contributed by atoms with Gasteiger partial charge in [0.2, 0.25) is 0 Å². The third kappa shape index (κ3) is 2.89. The third-order valence-electron chi connectivity index (χ3n) is 2.68. The molecule has 3 heteroatoms. The lowest BCUT2D eigenvalue weighted by Gasteiger charge is -2.28. The number of para-hydroxylation sites is 2. The molecule has 1 unspecified atom stereocenters. The monoisotopic (exact) mass is 221 g/mol. The molecule has 0 spiro atoms. The molecule has 2 rings (SSSR count). The van der Waals surface area contributed by atoms with E-state index in [0.717, 1.165) is 24.3 Å². The molecule has 0 amide bonds. The number of hydrogen-bond donors (Lipinski definition) is 1. The molecule has 1 aromatic carbocycles. The molecule has 1 heterocycles. The Morgan fingerprint density at radius 1 is 1.31 bits per heavy atom. The summed E-state index contributed by atoms with van der Waals surface area (Å²) in [5, 5.41) is 0. The second kappa shape index (κ2) is 4.34.